The van der Waals surface area contributed by atoms with Crippen LogP contribution in [0, 0.1) is 5.82 Å². The van der Waals surface area contributed by atoms with Crippen molar-refractivity contribution in [2.24, 2.45) is 0 Å². The highest BCUT2D eigenvalue weighted by molar-refractivity contribution is 6.11. The van der Waals surface area contributed by atoms with Crippen LogP contribution < -0.4 is 5.32 Å². The number of aromatic nitrogens is 1. The summed E-state index contributed by atoms with van der Waals surface area (Å²) in [6.07, 6.45) is -4.16. The number of benzene rings is 1. The number of carboxylic acid groups (broad SMARTS) is 1. The van der Waals surface area contributed by atoms with Gasteiger partial charge in [-0.1, -0.05) is 0 Å². The van der Waals surface area contributed by atoms with Gasteiger partial charge >= 0.3 is 18.1 Å². The normalized spacial score (nSPS) is 11.4. The number of hydrogen-bond acceptors (Lipinski definition) is 3. The van der Waals surface area contributed by atoms with Crippen LogP contribution in [0.4, 0.5) is 23.2 Å². The van der Waals surface area contributed by atoms with Gasteiger partial charge in [-0.25, -0.2) is 14.2 Å². The molecule has 0 aliphatic carbocycles. The molecule has 110 valence electrons. The molecule has 0 saturated heterocycles. The lowest BCUT2D eigenvalue weighted by molar-refractivity contribution is -0.167. The number of carbonyl (C=O) groups is 2. The molecule has 1 amide bonds. The van der Waals surface area contributed by atoms with Crippen molar-refractivity contribution in [3.05, 3.63) is 35.9 Å². The van der Waals surface area contributed by atoms with Gasteiger partial charge in [-0.15, -0.1) is 0 Å². The van der Waals surface area contributed by atoms with E-state index < -0.39 is 40.6 Å². The van der Waals surface area contributed by atoms with Crippen LogP contribution in [-0.4, -0.2) is 28.1 Å². The van der Waals surface area contributed by atoms with Crippen LogP contribution in [0.5, 0.6) is 0 Å². The smallest absolute Gasteiger partial charge is 0.471 e. The molecule has 1 aromatic heterocycles. The Hall–Kier alpha value is -2.71. The van der Waals surface area contributed by atoms with Gasteiger partial charge in [-0.2, -0.15) is 13.2 Å². The summed E-state index contributed by atoms with van der Waals surface area (Å²) >= 11 is 0. The second-order valence-electron chi connectivity index (χ2n) is 3.93. The Morgan fingerprint density at radius 2 is 1.86 bits per heavy atom. The van der Waals surface area contributed by atoms with Crippen molar-refractivity contribution in [3.8, 4) is 0 Å². The van der Waals surface area contributed by atoms with Crippen molar-refractivity contribution < 1.29 is 32.3 Å². The van der Waals surface area contributed by atoms with Crippen molar-refractivity contribution >= 4 is 28.3 Å². The molecule has 2 rings (SSSR count). The SMILES string of the molecule is O=C(O)c1nccc2c(F)ccc(NC(=O)C(F)(F)F)c12. The second kappa shape index (κ2) is 5.00. The van der Waals surface area contributed by atoms with Crippen LogP contribution >= 0.6 is 0 Å². The third kappa shape index (κ3) is 2.76. The van der Waals surface area contributed by atoms with Crippen LogP contribution in [0.2, 0.25) is 0 Å². The summed E-state index contributed by atoms with van der Waals surface area (Å²) in [6.45, 7) is 0. The van der Waals surface area contributed by atoms with Crippen LogP contribution in [0.25, 0.3) is 10.8 Å². The lowest BCUT2D eigenvalue weighted by atomic mass is 10.1. The summed E-state index contributed by atoms with van der Waals surface area (Å²) < 4.78 is 50.4. The maximum atomic E-state index is 13.6. The molecule has 21 heavy (non-hydrogen) atoms. The lowest BCUT2D eigenvalue weighted by Gasteiger charge is -2.12. The van der Waals surface area contributed by atoms with E-state index in [1.165, 1.54) is 5.32 Å². The topological polar surface area (TPSA) is 79.3 Å². The van der Waals surface area contributed by atoms with Crippen LogP contribution in [0.15, 0.2) is 24.4 Å². The lowest BCUT2D eigenvalue weighted by Crippen LogP contribution is -2.30. The summed E-state index contributed by atoms with van der Waals surface area (Å²) in [7, 11) is 0. The zero-order chi connectivity index (χ0) is 15.8. The molecule has 0 radical (unpaired) electrons. The first-order valence-corrected chi connectivity index (χ1v) is 5.40. The van der Waals surface area contributed by atoms with Crippen molar-refractivity contribution in [1.82, 2.24) is 4.98 Å². The van der Waals surface area contributed by atoms with E-state index in [2.05, 4.69) is 4.98 Å². The second-order valence-corrected chi connectivity index (χ2v) is 3.93. The van der Waals surface area contributed by atoms with Crippen LogP contribution in [0.1, 0.15) is 10.5 Å². The molecule has 9 heteroatoms. The van der Waals surface area contributed by atoms with Crippen LogP contribution in [0.3, 0.4) is 0 Å². The fraction of sp³-hybridized carbons (Fsp3) is 0.0833. The average Bonchev–Trinajstić information content (AvgIpc) is 2.40. The van der Waals surface area contributed by atoms with Crippen molar-refractivity contribution in [2.45, 2.75) is 6.18 Å². The van der Waals surface area contributed by atoms with Gasteiger partial charge in [-0.3, -0.25) is 4.79 Å². The molecular formula is C12H6F4N2O3. The molecule has 0 bridgehead atoms. The van der Waals surface area contributed by atoms with Gasteiger partial charge in [0.2, 0.25) is 0 Å². The summed E-state index contributed by atoms with van der Waals surface area (Å²) in [5.74, 6) is -4.70. The van der Waals surface area contributed by atoms with Crippen molar-refractivity contribution in [3.63, 3.8) is 0 Å². The molecule has 0 aliphatic rings. The molecule has 2 N–H and O–H groups in total. The number of fused-ring (bicyclic) bond motifs is 1. The standard InChI is InChI=1S/C12H6F4N2O3/c13-6-1-2-7(18-11(21)12(14,15)16)8-5(6)3-4-17-9(8)10(19)20/h1-4H,(H,18,21)(H,19,20). The third-order valence-electron chi connectivity index (χ3n) is 2.58. The number of hydrogen-bond donors (Lipinski definition) is 2. The molecule has 5 nitrogen and oxygen atoms in total. The molecular weight excluding hydrogens is 296 g/mol. The molecule has 0 atom stereocenters. The summed E-state index contributed by atoms with van der Waals surface area (Å²) in [5.41, 5.74) is -1.15. The number of pyridine rings is 1. The molecule has 0 aliphatic heterocycles. The van der Waals surface area contributed by atoms with Crippen LogP contribution in [-0.2, 0) is 4.79 Å². The monoisotopic (exact) mass is 302 g/mol. The Labute approximate surface area is 114 Å². The molecule has 2 aromatic rings. The third-order valence-corrected chi connectivity index (χ3v) is 2.58. The fourth-order valence-corrected chi connectivity index (χ4v) is 1.72. The molecule has 1 heterocycles. The Morgan fingerprint density at radius 3 is 2.43 bits per heavy atom. The Balaban J connectivity index is 2.67. The van der Waals surface area contributed by atoms with E-state index >= 15 is 0 Å². The number of rotatable bonds is 2. The van der Waals surface area contributed by atoms with E-state index in [1.54, 1.807) is 0 Å². The Bertz CT molecular complexity index is 743. The van der Waals surface area contributed by atoms with E-state index in [4.69, 9.17) is 5.11 Å². The van der Waals surface area contributed by atoms with Crippen molar-refractivity contribution in [2.75, 3.05) is 5.32 Å². The van der Waals surface area contributed by atoms with Gasteiger partial charge in [-0.05, 0) is 18.2 Å². The zero-order valence-corrected chi connectivity index (χ0v) is 10.0. The molecule has 1 aromatic carbocycles. The highest BCUT2D eigenvalue weighted by Gasteiger charge is 2.39. The molecule has 0 spiro atoms. The van der Waals surface area contributed by atoms with E-state index in [0.29, 0.717) is 0 Å². The number of alkyl halides is 3. The van der Waals surface area contributed by atoms with Gasteiger partial charge in [0.1, 0.15) is 5.82 Å². The fourth-order valence-electron chi connectivity index (χ4n) is 1.72. The Morgan fingerprint density at radius 1 is 1.19 bits per heavy atom. The first-order chi connectivity index (χ1) is 9.71. The van der Waals surface area contributed by atoms with Gasteiger partial charge in [0, 0.05) is 17.0 Å². The quantitative estimate of drug-likeness (QED) is 0.836. The maximum absolute atomic E-state index is 13.6. The predicted octanol–water partition coefficient (Wildman–Crippen LogP) is 2.57. The van der Waals surface area contributed by atoms with E-state index in [1.807, 2.05) is 0 Å². The molecule has 0 unspecified atom stereocenters. The molecule has 0 fully saturated rings. The van der Waals surface area contributed by atoms with E-state index in [9.17, 15) is 27.2 Å². The minimum atomic E-state index is -5.16. The number of anilines is 1. The minimum absolute atomic E-state index is 0.262. The number of carboxylic acids is 1. The number of nitrogens with one attached hydrogen (secondary N) is 1. The predicted molar refractivity (Wildman–Crippen MR) is 63.3 cm³/mol. The number of amides is 1. The van der Waals surface area contributed by atoms with Gasteiger partial charge in [0.05, 0.1) is 5.69 Å². The zero-order valence-electron chi connectivity index (χ0n) is 10.0. The van der Waals surface area contributed by atoms with Gasteiger partial charge < -0.3 is 10.4 Å². The average molecular weight is 302 g/mol. The van der Waals surface area contributed by atoms with E-state index in [0.717, 1.165) is 24.4 Å². The highest BCUT2D eigenvalue weighted by Crippen LogP contribution is 2.29. The highest BCUT2D eigenvalue weighted by atomic mass is 19.4. The minimum Gasteiger partial charge on any atom is -0.476 e. The van der Waals surface area contributed by atoms with Gasteiger partial charge in [0.25, 0.3) is 0 Å². The Kier molecular flexibility index (Phi) is 3.50. The number of carbonyl (C=O) groups excluding carboxylic acids is 1. The number of nitrogens with zero attached hydrogens (tertiary/aromatic N) is 1. The first kappa shape index (κ1) is 14.7. The number of halogens is 4. The maximum Gasteiger partial charge on any atom is 0.471 e. The number of aromatic carboxylic acids is 1. The summed E-state index contributed by atoms with van der Waals surface area (Å²) in [6, 6.07) is 2.76. The summed E-state index contributed by atoms with van der Waals surface area (Å²) in [4.78, 5) is 25.5. The van der Waals surface area contributed by atoms with Gasteiger partial charge in [0.15, 0.2) is 5.69 Å². The largest absolute Gasteiger partial charge is 0.476 e. The first-order valence-electron chi connectivity index (χ1n) is 5.40. The summed E-state index contributed by atoms with van der Waals surface area (Å²) in [5, 5.41) is 9.81. The van der Waals surface area contributed by atoms with E-state index in [-0.39, 0.29) is 5.39 Å². The van der Waals surface area contributed by atoms with Crippen molar-refractivity contribution in [1.29, 1.82) is 0 Å². The molecule has 0 saturated carbocycles.